The Morgan fingerprint density at radius 3 is 2.67 bits per heavy atom. The van der Waals surface area contributed by atoms with Crippen LogP contribution in [0.1, 0.15) is 12.0 Å². The SMILES string of the molecule is NC(=O)C1=C(c2ccccc2)CC[N]C1. The van der Waals surface area contributed by atoms with Crippen molar-refractivity contribution in [1.29, 1.82) is 0 Å². The van der Waals surface area contributed by atoms with Crippen molar-refractivity contribution in [2.24, 2.45) is 5.73 Å². The van der Waals surface area contributed by atoms with Crippen LogP contribution in [0.2, 0.25) is 0 Å². The van der Waals surface area contributed by atoms with E-state index in [9.17, 15) is 4.79 Å². The van der Waals surface area contributed by atoms with Gasteiger partial charge in [-0.3, -0.25) is 4.79 Å². The Morgan fingerprint density at radius 1 is 1.27 bits per heavy atom. The molecule has 0 fully saturated rings. The van der Waals surface area contributed by atoms with Gasteiger partial charge < -0.3 is 5.73 Å². The first kappa shape index (κ1) is 9.93. The maximum absolute atomic E-state index is 11.2. The molecule has 1 aromatic carbocycles. The van der Waals surface area contributed by atoms with Crippen LogP contribution in [-0.2, 0) is 4.79 Å². The van der Waals surface area contributed by atoms with E-state index >= 15 is 0 Å². The molecule has 1 aliphatic heterocycles. The first-order valence-corrected chi connectivity index (χ1v) is 4.99. The molecule has 2 N–H and O–H groups in total. The van der Waals surface area contributed by atoms with E-state index in [2.05, 4.69) is 5.32 Å². The summed E-state index contributed by atoms with van der Waals surface area (Å²) in [6.07, 6.45) is 0.808. The molecule has 0 spiro atoms. The van der Waals surface area contributed by atoms with Gasteiger partial charge >= 0.3 is 0 Å². The smallest absolute Gasteiger partial charge is 0.246 e. The molecular formula is C12H13N2O. The molecule has 77 valence electrons. The Hall–Kier alpha value is -1.61. The van der Waals surface area contributed by atoms with Crippen molar-refractivity contribution >= 4 is 11.5 Å². The van der Waals surface area contributed by atoms with Gasteiger partial charge in [0.1, 0.15) is 0 Å². The summed E-state index contributed by atoms with van der Waals surface area (Å²) < 4.78 is 0. The molecule has 0 unspecified atom stereocenters. The lowest BCUT2D eigenvalue weighted by molar-refractivity contribution is -0.114. The Balaban J connectivity index is 2.44. The van der Waals surface area contributed by atoms with Gasteiger partial charge in [-0.1, -0.05) is 30.3 Å². The van der Waals surface area contributed by atoms with E-state index < -0.39 is 0 Å². The highest BCUT2D eigenvalue weighted by molar-refractivity contribution is 6.01. The standard InChI is InChI=1S/C12H13N2O/c13-12(15)11-8-14-7-6-10(11)9-4-2-1-3-5-9/h1-5H,6-8H2,(H2,13,15). The molecular weight excluding hydrogens is 188 g/mol. The van der Waals surface area contributed by atoms with Crippen molar-refractivity contribution in [2.75, 3.05) is 13.1 Å². The summed E-state index contributed by atoms with van der Waals surface area (Å²) in [6.45, 7) is 1.24. The van der Waals surface area contributed by atoms with Gasteiger partial charge in [-0.15, -0.1) is 0 Å². The van der Waals surface area contributed by atoms with Gasteiger partial charge in [-0.2, -0.15) is 0 Å². The zero-order chi connectivity index (χ0) is 10.7. The van der Waals surface area contributed by atoms with Crippen LogP contribution in [0.3, 0.4) is 0 Å². The molecule has 0 saturated heterocycles. The summed E-state index contributed by atoms with van der Waals surface area (Å²) in [6, 6.07) is 9.90. The number of carbonyl (C=O) groups is 1. The Morgan fingerprint density at radius 2 is 2.00 bits per heavy atom. The summed E-state index contributed by atoms with van der Waals surface area (Å²) in [5.74, 6) is -0.350. The quantitative estimate of drug-likeness (QED) is 0.760. The number of rotatable bonds is 2. The number of benzene rings is 1. The van der Waals surface area contributed by atoms with E-state index in [1.807, 2.05) is 30.3 Å². The van der Waals surface area contributed by atoms with Crippen LogP contribution in [0.15, 0.2) is 35.9 Å². The van der Waals surface area contributed by atoms with Crippen molar-refractivity contribution in [3.8, 4) is 0 Å². The lowest BCUT2D eigenvalue weighted by Crippen LogP contribution is -2.27. The summed E-state index contributed by atoms with van der Waals surface area (Å²) in [5.41, 5.74) is 8.14. The van der Waals surface area contributed by atoms with E-state index in [-0.39, 0.29) is 5.91 Å². The Labute approximate surface area is 89.0 Å². The molecule has 0 bridgehead atoms. The van der Waals surface area contributed by atoms with Crippen molar-refractivity contribution < 1.29 is 4.79 Å². The van der Waals surface area contributed by atoms with Crippen LogP contribution in [0.25, 0.3) is 5.57 Å². The van der Waals surface area contributed by atoms with E-state index in [1.165, 1.54) is 0 Å². The first-order chi connectivity index (χ1) is 7.29. The van der Waals surface area contributed by atoms with Crippen molar-refractivity contribution in [3.63, 3.8) is 0 Å². The predicted molar refractivity (Wildman–Crippen MR) is 59.0 cm³/mol. The number of carbonyl (C=O) groups excluding carboxylic acids is 1. The summed E-state index contributed by atoms with van der Waals surface area (Å²) in [5, 5.41) is 4.20. The minimum atomic E-state index is -0.350. The molecule has 1 radical (unpaired) electrons. The molecule has 1 aromatic rings. The van der Waals surface area contributed by atoms with E-state index in [4.69, 9.17) is 5.73 Å². The molecule has 0 aliphatic carbocycles. The largest absolute Gasteiger partial charge is 0.366 e. The molecule has 3 nitrogen and oxygen atoms in total. The Kier molecular flexibility index (Phi) is 2.83. The molecule has 3 heteroatoms. The highest BCUT2D eigenvalue weighted by Crippen LogP contribution is 2.24. The third-order valence-electron chi connectivity index (χ3n) is 2.57. The fraction of sp³-hybridized carbons (Fsp3) is 0.250. The van der Waals surface area contributed by atoms with Gasteiger partial charge in [0, 0.05) is 18.7 Å². The normalized spacial score (nSPS) is 16.5. The maximum Gasteiger partial charge on any atom is 0.246 e. The second-order valence-electron chi connectivity index (χ2n) is 3.54. The van der Waals surface area contributed by atoms with Crippen LogP contribution in [-0.4, -0.2) is 19.0 Å². The number of nitrogens with two attached hydrogens (primary N) is 1. The van der Waals surface area contributed by atoms with E-state index in [0.717, 1.165) is 24.1 Å². The average molecular weight is 201 g/mol. The zero-order valence-electron chi connectivity index (χ0n) is 8.44. The van der Waals surface area contributed by atoms with Gasteiger partial charge in [0.05, 0.1) is 0 Å². The highest BCUT2D eigenvalue weighted by atomic mass is 16.1. The summed E-state index contributed by atoms with van der Waals surface area (Å²) >= 11 is 0. The van der Waals surface area contributed by atoms with Crippen LogP contribution in [0.4, 0.5) is 0 Å². The third kappa shape index (κ3) is 2.07. The summed E-state index contributed by atoms with van der Waals surface area (Å²) in [4.78, 5) is 11.2. The molecule has 1 heterocycles. The monoisotopic (exact) mass is 201 g/mol. The second-order valence-corrected chi connectivity index (χ2v) is 3.54. The predicted octanol–water partition coefficient (Wildman–Crippen LogP) is 0.934. The first-order valence-electron chi connectivity index (χ1n) is 4.99. The molecule has 0 saturated carbocycles. The number of nitrogens with zero attached hydrogens (tertiary/aromatic N) is 1. The zero-order valence-corrected chi connectivity index (χ0v) is 8.44. The minimum absolute atomic E-state index is 0.350. The number of primary amides is 1. The van der Waals surface area contributed by atoms with Gasteiger partial charge in [-0.25, -0.2) is 5.32 Å². The lowest BCUT2D eigenvalue weighted by Gasteiger charge is -2.18. The second kappa shape index (κ2) is 4.28. The van der Waals surface area contributed by atoms with Crippen molar-refractivity contribution in [3.05, 3.63) is 41.5 Å². The van der Waals surface area contributed by atoms with Crippen molar-refractivity contribution in [1.82, 2.24) is 5.32 Å². The Bertz CT molecular complexity index is 395. The van der Waals surface area contributed by atoms with Crippen LogP contribution < -0.4 is 11.1 Å². The van der Waals surface area contributed by atoms with Crippen LogP contribution in [0, 0.1) is 0 Å². The van der Waals surface area contributed by atoms with Gasteiger partial charge in [-0.05, 0) is 17.6 Å². The fourth-order valence-electron chi connectivity index (χ4n) is 1.81. The molecule has 0 atom stereocenters. The lowest BCUT2D eigenvalue weighted by atomic mass is 9.94. The molecule has 15 heavy (non-hydrogen) atoms. The highest BCUT2D eigenvalue weighted by Gasteiger charge is 2.18. The molecule has 2 rings (SSSR count). The van der Waals surface area contributed by atoms with Gasteiger partial charge in [0.2, 0.25) is 5.91 Å². The minimum Gasteiger partial charge on any atom is -0.366 e. The van der Waals surface area contributed by atoms with E-state index in [0.29, 0.717) is 12.1 Å². The van der Waals surface area contributed by atoms with Crippen LogP contribution in [0.5, 0.6) is 0 Å². The number of hydrogen-bond acceptors (Lipinski definition) is 1. The molecule has 0 aromatic heterocycles. The van der Waals surface area contributed by atoms with Gasteiger partial charge in [0.15, 0.2) is 0 Å². The summed E-state index contributed by atoms with van der Waals surface area (Å²) in [7, 11) is 0. The van der Waals surface area contributed by atoms with Crippen molar-refractivity contribution in [2.45, 2.75) is 6.42 Å². The third-order valence-corrected chi connectivity index (χ3v) is 2.57. The van der Waals surface area contributed by atoms with Gasteiger partial charge in [0.25, 0.3) is 0 Å². The average Bonchev–Trinajstić information content (AvgIpc) is 2.30. The number of amides is 1. The maximum atomic E-state index is 11.2. The molecule has 1 amide bonds. The van der Waals surface area contributed by atoms with Crippen LogP contribution >= 0.6 is 0 Å². The number of hydrogen-bond donors (Lipinski definition) is 1. The molecule has 1 aliphatic rings. The topological polar surface area (TPSA) is 57.2 Å². The fourth-order valence-corrected chi connectivity index (χ4v) is 1.81. The van der Waals surface area contributed by atoms with E-state index in [1.54, 1.807) is 0 Å².